The molecule has 5 heteroatoms. The van der Waals surface area contributed by atoms with Gasteiger partial charge in [0.2, 0.25) is 5.91 Å². The van der Waals surface area contributed by atoms with Crippen LogP contribution in [0.4, 0.5) is 5.69 Å². The van der Waals surface area contributed by atoms with Gasteiger partial charge in [0.25, 0.3) is 5.91 Å². The summed E-state index contributed by atoms with van der Waals surface area (Å²) in [6.07, 6.45) is 4.06. The van der Waals surface area contributed by atoms with Gasteiger partial charge in [0.1, 0.15) is 0 Å². The molecule has 2 fully saturated rings. The van der Waals surface area contributed by atoms with Gasteiger partial charge in [-0.15, -0.1) is 0 Å². The van der Waals surface area contributed by atoms with Crippen molar-refractivity contribution in [1.82, 2.24) is 10.2 Å². The maximum absolute atomic E-state index is 12.8. The summed E-state index contributed by atoms with van der Waals surface area (Å²) in [5.41, 5.74) is 1.85. The van der Waals surface area contributed by atoms with E-state index < -0.39 is 0 Å². The number of nitrogens with zero attached hydrogens (tertiary/aromatic N) is 2. The largest absolute Gasteiger partial charge is 0.371 e. The van der Waals surface area contributed by atoms with Crippen LogP contribution in [-0.4, -0.2) is 48.9 Å². The maximum atomic E-state index is 12.8. The van der Waals surface area contributed by atoms with Crippen LogP contribution in [-0.2, 0) is 4.79 Å². The van der Waals surface area contributed by atoms with Crippen LogP contribution >= 0.6 is 0 Å². The van der Waals surface area contributed by atoms with E-state index in [2.05, 4.69) is 10.2 Å². The zero-order valence-corrected chi connectivity index (χ0v) is 13.8. The molecule has 3 rings (SSSR count). The summed E-state index contributed by atoms with van der Waals surface area (Å²) in [7, 11) is 0. The Balaban J connectivity index is 1.71. The first-order valence-corrected chi connectivity index (χ1v) is 8.55. The zero-order valence-electron chi connectivity index (χ0n) is 13.8. The smallest absolute Gasteiger partial charge is 0.255 e. The number of rotatable bonds is 3. The van der Waals surface area contributed by atoms with Crippen LogP contribution in [0.3, 0.4) is 0 Å². The van der Waals surface area contributed by atoms with Gasteiger partial charge in [-0.05, 0) is 37.8 Å². The van der Waals surface area contributed by atoms with Crippen LogP contribution in [0.15, 0.2) is 24.3 Å². The van der Waals surface area contributed by atoms with Crippen molar-refractivity contribution in [1.29, 1.82) is 0 Å². The third kappa shape index (κ3) is 3.66. The van der Waals surface area contributed by atoms with Crippen molar-refractivity contribution < 1.29 is 9.59 Å². The van der Waals surface area contributed by atoms with E-state index in [1.54, 1.807) is 6.92 Å². The summed E-state index contributed by atoms with van der Waals surface area (Å²) in [6, 6.07) is 8.18. The lowest BCUT2D eigenvalue weighted by molar-refractivity contribution is -0.119. The zero-order chi connectivity index (χ0) is 16.2. The van der Waals surface area contributed by atoms with Crippen LogP contribution in [0.1, 0.15) is 43.0 Å². The molecule has 124 valence electrons. The van der Waals surface area contributed by atoms with E-state index in [-0.39, 0.29) is 17.9 Å². The molecule has 0 atom stereocenters. The molecule has 0 radical (unpaired) electrons. The molecule has 1 aromatic carbocycles. The number of hydrogen-bond donors (Lipinski definition) is 1. The number of piperidine rings is 1. The molecule has 2 heterocycles. The second-order valence-corrected chi connectivity index (χ2v) is 6.48. The number of anilines is 1. The SMILES string of the molecule is CC(=O)NC1CCN(c2ccccc2C(=O)N2CCCC2)CC1. The number of likely N-dealkylation sites (tertiary alicyclic amines) is 1. The summed E-state index contributed by atoms with van der Waals surface area (Å²) < 4.78 is 0. The molecular formula is C18H25N3O2. The van der Waals surface area contributed by atoms with Crippen LogP contribution in [0, 0.1) is 0 Å². The lowest BCUT2D eigenvalue weighted by Gasteiger charge is -2.35. The Morgan fingerprint density at radius 2 is 1.70 bits per heavy atom. The Labute approximate surface area is 137 Å². The van der Waals surface area contributed by atoms with Crippen LogP contribution < -0.4 is 10.2 Å². The highest BCUT2D eigenvalue weighted by Gasteiger charge is 2.26. The van der Waals surface area contributed by atoms with Crippen molar-refractivity contribution in [3.05, 3.63) is 29.8 Å². The van der Waals surface area contributed by atoms with Gasteiger partial charge in [-0.3, -0.25) is 9.59 Å². The summed E-state index contributed by atoms with van der Waals surface area (Å²) in [5, 5.41) is 3.00. The fourth-order valence-electron chi connectivity index (χ4n) is 3.57. The van der Waals surface area contributed by atoms with E-state index in [9.17, 15) is 9.59 Å². The Morgan fingerprint density at radius 1 is 1.04 bits per heavy atom. The van der Waals surface area contributed by atoms with Gasteiger partial charge in [0.15, 0.2) is 0 Å². The lowest BCUT2D eigenvalue weighted by Crippen LogP contribution is -2.44. The topological polar surface area (TPSA) is 52.7 Å². The Bertz CT molecular complexity index is 573. The van der Waals surface area contributed by atoms with E-state index in [1.807, 2.05) is 29.2 Å². The number of amides is 2. The highest BCUT2D eigenvalue weighted by Crippen LogP contribution is 2.26. The number of nitrogens with one attached hydrogen (secondary N) is 1. The highest BCUT2D eigenvalue weighted by molar-refractivity contribution is 6.00. The van der Waals surface area contributed by atoms with Gasteiger partial charge in [-0.25, -0.2) is 0 Å². The minimum atomic E-state index is 0.0352. The molecule has 2 aliphatic rings. The number of carbonyl (C=O) groups excluding carboxylic acids is 2. The van der Waals surface area contributed by atoms with Gasteiger partial charge in [-0.2, -0.15) is 0 Å². The third-order valence-electron chi connectivity index (χ3n) is 4.77. The molecular weight excluding hydrogens is 290 g/mol. The fourth-order valence-corrected chi connectivity index (χ4v) is 3.57. The minimum Gasteiger partial charge on any atom is -0.371 e. The molecule has 0 saturated carbocycles. The monoisotopic (exact) mass is 315 g/mol. The molecule has 23 heavy (non-hydrogen) atoms. The second-order valence-electron chi connectivity index (χ2n) is 6.48. The number of para-hydroxylation sites is 1. The molecule has 0 aromatic heterocycles. The molecule has 1 aromatic rings. The molecule has 0 unspecified atom stereocenters. The first-order valence-electron chi connectivity index (χ1n) is 8.55. The van der Waals surface area contributed by atoms with Crippen molar-refractivity contribution >= 4 is 17.5 Å². The Kier molecular flexibility index (Phi) is 4.84. The molecule has 2 saturated heterocycles. The van der Waals surface area contributed by atoms with E-state index in [0.717, 1.165) is 63.1 Å². The van der Waals surface area contributed by atoms with Gasteiger partial charge in [-0.1, -0.05) is 12.1 Å². The maximum Gasteiger partial charge on any atom is 0.255 e. The molecule has 0 spiro atoms. The molecule has 0 bridgehead atoms. The quantitative estimate of drug-likeness (QED) is 0.928. The van der Waals surface area contributed by atoms with Gasteiger partial charge in [0.05, 0.1) is 5.56 Å². The van der Waals surface area contributed by atoms with Crippen LogP contribution in [0.2, 0.25) is 0 Å². The highest BCUT2D eigenvalue weighted by atomic mass is 16.2. The summed E-state index contributed by atoms with van der Waals surface area (Å²) in [4.78, 5) is 28.2. The lowest BCUT2D eigenvalue weighted by atomic mass is 10.0. The van der Waals surface area contributed by atoms with Gasteiger partial charge in [0, 0.05) is 44.8 Å². The van der Waals surface area contributed by atoms with Crippen molar-refractivity contribution in [2.75, 3.05) is 31.1 Å². The standard InChI is InChI=1S/C18H25N3O2/c1-14(22)19-15-8-12-20(13-9-15)17-7-3-2-6-16(17)18(23)21-10-4-5-11-21/h2-3,6-7,15H,4-5,8-13H2,1H3,(H,19,22). The number of carbonyl (C=O) groups is 2. The molecule has 0 aliphatic carbocycles. The normalized spacial score (nSPS) is 19.0. The van der Waals surface area contributed by atoms with E-state index in [1.165, 1.54) is 0 Å². The predicted molar refractivity (Wildman–Crippen MR) is 90.6 cm³/mol. The van der Waals surface area contributed by atoms with E-state index >= 15 is 0 Å². The Morgan fingerprint density at radius 3 is 2.35 bits per heavy atom. The van der Waals surface area contributed by atoms with Crippen molar-refractivity contribution in [2.24, 2.45) is 0 Å². The van der Waals surface area contributed by atoms with E-state index in [4.69, 9.17) is 0 Å². The summed E-state index contributed by atoms with van der Waals surface area (Å²) in [6.45, 7) is 5.05. The van der Waals surface area contributed by atoms with Crippen molar-refractivity contribution in [3.8, 4) is 0 Å². The Hall–Kier alpha value is -2.04. The first-order chi connectivity index (χ1) is 11.1. The average Bonchev–Trinajstić information content (AvgIpc) is 3.09. The van der Waals surface area contributed by atoms with Gasteiger partial charge >= 0.3 is 0 Å². The molecule has 2 amide bonds. The molecule has 1 N–H and O–H groups in total. The van der Waals surface area contributed by atoms with E-state index in [0.29, 0.717) is 0 Å². The molecule has 2 aliphatic heterocycles. The van der Waals surface area contributed by atoms with Crippen molar-refractivity contribution in [3.63, 3.8) is 0 Å². The first kappa shape index (κ1) is 15.8. The van der Waals surface area contributed by atoms with Crippen LogP contribution in [0.5, 0.6) is 0 Å². The second kappa shape index (κ2) is 7.02. The van der Waals surface area contributed by atoms with Crippen molar-refractivity contribution in [2.45, 2.75) is 38.6 Å². The predicted octanol–water partition coefficient (Wildman–Crippen LogP) is 2.03. The summed E-state index contributed by atoms with van der Waals surface area (Å²) >= 11 is 0. The number of hydrogen-bond acceptors (Lipinski definition) is 3. The number of benzene rings is 1. The molecule has 5 nitrogen and oxygen atoms in total. The van der Waals surface area contributed by atoms with Crippen LogP contribution in [0.25, 0.3) is 0 Å². The fraction of sp³-hybridized carbons (Fsp3) is 0.556. The third-order valence-corrected chi connectivity index (χ3v) is 4.77. The summed E-state index contributed by atoms with van der Waals surface area (Å²) in [5.74, 6) is 0.190. The average molecular weight is 315 g/mol. The minimum absolute atomic E-state index is 0.0352. The van der Waals surface area contributed by atoms with Gasteiger partial charge < -0.3 is 15.1 Å².